The van der Waals surface area contributed by atoms with Crippen LogP contribution in [0, 0.1) is 10.1 Å². The first-order valence-electron chi connectivity index (χ1n) is 7.10. The lowest BCUT2D eigenvalue weighted by Crippen LogP contribution is -2.08. The molecule has 1 N–H and O–H groups in total. The highest BCUT2D eigenvalue weighted by molar-refractivity contribution is 6.07. The van der Waals surface area contributed by atoms with Crippen LogP contribution in [0.4, 0.5) is 5.69 Å². The summed E-state index contributed by atoms with van der Waals surface area (Å²) in [6.45, 7) is 1.34. The van der Waals surface area contributed by atoms with Gasteiger partial charge in [-0.2, -0.15) is 0 Å². The van der Waals surface area contributed by atoms with Crippen molar-refractivity contribution in [1.29, 1.82) is 0 Å². The van der Waals surface area contributed by atoms with Crippen LogP contribution in [0.2, 0.25) is 0 Å². The fourth-order valence-electron chi connectivity index (χ4n) is 2.60. The Kier molecular flexibility index (Phi) is 5.02. The maximum absolute atomic E-state index is 11.9. The Morgan fingerprint density at radius 3 is 2.16 bits per heavy atom. The molecule has 0 fully saturated rings. The SMILES string of the molecule is COc1c([N+](=O)[O-])cc(C(=O)O)c(-c2ccccc2C(C)=O)c1OC. The lowest BCUT2D eigenvalue weighted by Gasteiger charge is -2.17. The van der Waals surface area contributed by atoms with Gasteiger partial charge in [-0.25, -0.2) is 4.79 Å². The molecular formula is C17H15NO7. The smallest absolute Gasteiger partial charge is 0.336 e. The van der Waals surface area contributed by atoms with Crippen molar-refractivity contribution >= 4 is 17.4 Å². The number of methoxy groups -OCH3 is 2. The van der Waals surface area contributed by atoms with E-state index in [0.29, 0.717) is 0 Å². The van der Waals surface area contributed by atoms with Gasteiger partial charge in [-0.3, -0.25) is 14.9 Å². The third-order valence-corrected chi connectivity index (χ3v) is 3.63. The predicted octanol–water partition coefficient (Wildman–Crippen LogP) is 3.18. The summed E-state index contributed by atoms with van der Waals surface area (Å²) in [4.78, 5) is 34.2. The highest BCUT2D eigenvalue weighted by Crippen LogP contribution is 2.47. The molecule has 0 radical (unpaired) electrons. The zero-order valence-electron chi connectivity index (χ0n) is 13.7. The average Bonchev–Trinajstić information content (AvgIpc) is 2.59. The van der Waals surface area contributed by atoms with Gasteiger partial charge >= 0.3 is 11.7 Å². The quantitative estimate of drug-likeness (QED) is 0.485. The molecule has 130 valence electrons. The van der Waals surface area contributed by atoms with Crippen molar-refractivity contribution in [3.05, 3.63) is 51.6 Å². The molecule has 0 heterocycles. The topological polar surface area (TPSA) is 116 Å². The number of carbonyl (C=O) groups excluding carboxylic acids is 1. The number of carboxylic acids is 1. The molecule has 0 unspecified atom stereocenters. The van der Waals surface area contributed by atoms with Gasteiger partial charge in [0, 0.05) is 17.2 Å². The zero-order valence-corrected chi connectivity index (χ0v) is 13.7. The number of ether oxygens (including phenoxy) is 2. The van der Waals surface area contributed by atoms with Crippen LogP contribution in [0.15, 0.2) is 30.3 Å². The molecule has 0 aliphatic heterocycles. The van der Waals surface area contributed by atoms with Gasteiger partial charge in [0.1, 0.15) is 0 Å². The minimum atomic E-state index is -1.39. The van der Waals surface area contributed by atoms with Crippen LogP contribution in [0.5, 0.6) is 11.5 Å². The average molecular weight is 345 g/mol. The van der Waals surface area contributed by atoms with E-state index in [9.17, 15) is 24.8 Å². The van der Waals surface area contributed by atoms with E-state index >= 15 is 0 Å². The number of aromatic carboxylic acids is 1. The molecule has 0 saturated carbocycles. The van der Waals surface area contributed by atoms with Gasteiger partial charge < -0.3 is 14.6 Å². The summed E-state index contributed by atoms with van der Waals surface area (Å²) in [5.74, 6) is -2.02. The third-order valence-electron chi connectivity index (χ3n) is 3.63. The third kappa shape index (κ3) is 3.14. The zero-order chi connectivity index (χ0) is 18.7. The second kappa shape index (κ2) is 7.00. The molecule has 0 aliphatic rings. The maximum atomic E-state index is 11.9. The lowest BCUT2D eigenvalue weighted by molar-refractivity contribution is -0.385. The number of rotatable bonds is 6. The summed E-state index contributed by atoms with van der Waals surface area (Å²) in [5.41, 5.74) is -0.307. The number of Topliss-reactive ketones (excluding diaryl/α,β-unsaturated/α-hetero) is 1. The van der Waals surface area contributed by atoms with Crippen molar-refractivity contribution in [2.45, 2.75) is 6.92 Å². The number of hydrogen-bond acceptors (Lipinski definition) is 6. The Labute approximate surface area is 142 Å². The summed E-state index contributed by atoms with van der Waals surface area (Å²) in [7, 11) is 2.46. The van der Waals surface area contributed by atoms with Crippen LogP contribution in [-0.2, 0) is 0 Å². The molecule has 0 aliphatic carbocycles. The van der Waals surface area contributed by atoms with Gasteiger partial charge in [-0.15, -0.1) is 0 Å². The van der Waals surface area contributed by atoms with Gasteiger partial charge in [-0.05, 0) is 12.5 Å². The number of carboxylic acid groups (broad SMARTS) is 1. The Bertz CT molecular complexity index is 874. The van der Waals surface area contributed by atoms with Crippen LogP contribution in [0.3, 0.4) is 0 Å². The van der Waals surface area contributed by atoms with Crippen LogP contribution in [0.1, 0.15) is 27.6 Å². The summed E-state index contributed by atoms with van der Waals surface area (Å²) < 4.78 is 10.3. The predicted molar refractivity (Wildman–Crippen MR) is 88.6 cm³/mol. The van der Waals surface area contributed by atoms with Crippen molar-refractivity contribution in [3.8, 4) is 22.6 Å². The molecule has 0 aromatic heterocycles. The molecule has 0 amide bonds. The molecule has 0 atom stereocenters. The normalized spacial score (nSPS) is 10.2. The molecule has 2 rings (SSSR count). The first kappa shape index (κ1) is 17.9. The fourth-order valence-corrected chi connectivity index (χ4v) is 2.60. The van der Waals surface area contributed by atoms with Crippen LogP contribution in [-0.4, -0.2) is 36.0 Å². The van der Waals surface area contributed by atoms with Crippen molar-refractivity contribution in [3.63, 3.8) is 0 Å². The van der Waals surface area contributed by atoms with E-state index in [1.165, 1.54) is 27.2 Å². The van der Waals surface area contributed by atoms with Crippen LogP contribution < -0.4 is 9.47 Å². The molecule has 0 spiro atoms. The van der Waals surface area contributed by atoms with E-state index < -0.39 is 16.6 Å². The minimum Gasteiger partial charge on any atom is -0.492 e. The second-order valence-electron chi connectivity index (χ2n) is 5.05. The monoisotopic (exact) mass is 345 g/mol. The molecule has 2 aromatic carbocycles. The van der Waals surface area contributed by atoms with E-state index in [4.69, 9.17) is 9.47 Å². The first-order chi connectivity index (χ1) is 11.8. The van der Waals surface area contributed by atoms with Crippen LogP contribution in [0.25, 0.3) is 11.1 Å². The van der Waals surface area contributed by atoms with Crippen molar-refractivity contribution in [2.75, 3.05) is 14.2 Å². The van der Waals surface area contributed by atoms with Gasteiger partial charge in [0.2, 0.25) is 5.75 Å². The Morgan fingerprint density at radius 1 is 1.08 bits per heavy atom. The number of nitro benzene ring substituents is 1. The molecule has 0 bridgehead atoms. The number of ketones is 1. The highest BCUT2D eigenvalue weighted by Gasteiger charge is 2.31. The summed E-state index contributed by atoms with van der Waals surface area (Å²) in [5, 5.41) is 20.8. The van der Waals surface area contributed by atoms with E-state index in [2.05, 4.69) is 0 Å². The summed E-state index contributed by atoms with van der Waals surface area (Å²) in [6, 6.07) is 7.25. The second-order valence-corrected chi connectivity index (χ2v) is 5.05. The van der Waals surface area contributed by atoms with E-state index in [1.807, 2.05) is 0 Å². The standard InChI is InChI=1S/C17H15NO7/c1-9(19)10-6-4-5-7-11(10)14-12(17(20)21)8-13(18(22)23)15(24-2)16(14)25-3/h4-8H,1-3H3,(H,20,21). The number of benzene rings is 2. The van der Waals surface area contributed by atoms with Gasteiger partial charge in [0.05, 0.1) is 24.7 Å². The van der Waals surface area contributed by atoms with Gasteiger partial charge in [-0.1, -0.05) is 24.3 Å². The Morgan fingerprint density at radius 2 is 1.68 bits per heavy atom. The van der Waals surface area contributed by atoms with Gasteiger partial charge in [0.25, 0.3) is 0 Å². The minimum absolute atomic E-state index is 0.0447. The summed E-state index contributed by atoms with van der Waals surface area (Å²) in [6.07, 6.45) is 0. The van der Waals surface area contributed by atoms with Crippen LogP contribution >= 0.6 is 0 Å². The van der Waals surface area contributed by atoms with Crippen molar-refractivity contribution in [2.24, 2.45) is 0 Å². The number of carbonyl (C=O) groups is 2. The van der Waals surface area contributed by atoms with E-state index in [1.54, 1.807) is 18.2 Å². The molecule has 0 saturated heterocycles. The maximum Gasteiger partial charge on any atom is 0.336 e. The molecule has 25 heavy (non-hydrogen) atoms. The highest BCUT2D eigenvalue weighted by atomic mass is 16.6. The fraction of sp³-hybridized carbons (Fsp3) is 0.176. The Balaban J connectivity index is 3.02. The molecule has 8 heteroatoms. The summed E-state index contributed by atoms with van der Waals surface area (Å²) >= 11 is 0. The Hall–Kier alpha value is -3.42. The number of nitro groups is 1. The lowest BCUT2D eigenvalue weighted by atomic mass is 9.92. The first-order valence-corrected chi connectivity index (χ1v) is 7.10. The molecule has 8 nitrogen and oxygen atoms in total. The number of hydrogen-bond donors (Lipinski definition) is 1. The number of nitrogens with zero attached hydrogens (tertiary/aromatic N) is 1. The molecule has 2 aromatic rings. The van der Waals surface area contributed by atoms with Crippen molar-refractivity contribution in [1.82, 2.24) is 0 Å². The van der Waals surface area contributed by atoms with E-state index in [-0.39, 0.29) is 39.5 Å². The van der Waals surface area contributed by atoms with Crippen molar-refractivity contribution < 1.29 is 29.1 Å². The van der Waals surface area contributed by atoms with Gasteiger partial charge in [0.15, 0.2) is 11.5 Å². The van der Waals surface area contributed by atoms with E-state index in [0.717, 1.165) is 6.07 Å². The molecular weight excluding hydrogens is 330 g/mol. The largest absolute Gasteiger partial charge is 0.492 e.